The number of amides is 2. The largest absolute Gasteiger partial charge is 0.478 e. The van der Waals surface area contributed by atoms with Crippen molar-refractivity contribution in [1.29, 1.82) is 0 Å². The first-order valence-corrected chi connectivity index (χ1v) is 14.6. The smallest absolute Gasteiger partial charge is 0.336 e. The number of ether oxygens (including phenoxy) is 2. The SMILES string of the molecule is O=C(CCCCC(=O)Nc1cccc(C2OC(CSc3ccccc3C(=O)O)CC(c3ccc(CO)cc3)O2)c1)NO. The van der Waals surface area contributed by atoms with Gasteiger partial charge in [0.25, 0.3) is 0 Å². The second-order valence-electron chi connectivity index (χ2n) is 9.88. The molecule has 0 radical (unpaired) electrons. The molecule has 3 aromatic carbocycles. The summed E-state index contributed by atoms with van der Waals surface area (Å²) in [4.78, 5) is 35.9. The van der Waals surface area contributed by atoms with Crippen molar-refractivity contribution in [2.75, 3.05) is 11.1 Å². The van der Waals surface area contributed by atoms with Gasteiger partial charge in [-0.3, -0.25) is 14.8 Å². The van der Waals surface area contributed by atoms with E-state index in [0.29, 0.717) is 41.2 Å². The van der Waals surface area contributed by atoms with Crippen molar-refractivity contribution in [1.82, 2.24) is 5.48 Å². The molecule has 11 heteroatoms. The predicted octanol–water partition coefficient (Wildman–Crippen LogP) is 5.22. The Kier molecular flexibility index (Phi) is 11.5. The maximum atomic E-state index is 12.5. The number of hydrogen-bond acceptors (Lipinski definition) is 8. The number of carbonyl (C=O) groups is 3. The Morgan fingerprint density at radius 1 is 0.881 bits per heavy atom. The third-order valence-corrected chi connectivity index (χ3v) is 7.99. The first kappa shape index (κ1) is 31.2. The van der Waals surface area contributed by atoms with Crippen molar-refractivity contribution in [2.45, 2.75) is 62.1 Å². The van der Waals surface area contributed by atoms with Gasteiger partial charge < -0.3 is 25.0 Å². The molecule has 5 N–H and O–H groups in total. The van der Waals surface area contributed by atoms with Crippen molar-refractivity contribution in [2.24, 2.45) is 0 Å². The zero-order valence-corrected chi connectivity index (χ0v) is 23.7. The van der Waals surface area contributed by atoms with Gasteiger partial charge in [0.05, 0.1) is 24.4 Å². The molecular formula is C31H34N2O8S. The van der Waals surface area contributed by atoms with Crippen molar-refractivity contribution in [3.8, 4) is 0 Å². The van der Waals surface area contributed by atoms with Gasteiger partial charge in [0.15, 0.2) is 6.29 Å². The topological polar surface area (TPSA) is 154 Å². The van der Waals surface area contributed by atoms with Gasteiger partial charge in [0.1, 0.15) is 0 Å². The van der Waals surface area contributed by atoms with Crippen molar-refractivity contribution in [3.63, 3.8) is 0 Å². The molecule has 2 amide bonds. The molecule has 1 saturated heterocycles. The summed E-state index contributed by atoms with van der Waals surface area (Å²) in [5.41, 5.74) is 4.83. The molecule has 222 valence electrons. The second kappa shape index (κ2) is 15.5. The third-order valence-electron chi connectivity index (χ3n) is 6.78. The number of aliphatic hydroxyl groups excluding tert-OH is 1. The number of aromatic carboxylic acids is 1. The summed E-state index contributed by atoms with van der Waals surface area (Å²) < 4.78 is 12.8. The first-order chi connectivity index (χ1) is 20.4. The quantitative estimate of drug-likeness (QED) is 0.0775. The van der Waals surface area contributed by atoms with Gasteiger partial charge in [0.2, 0.25) is 11.8 Å². The van der Waals surface area contributed by atoms with Gasteiger partial charge in [-0.2, -0.15) is 0 Å². The van der Waals surface area contributed by atoms with Crippen LogP contribution in [0.3, 0.4) is 0 Å². The number of hydrogen-bond donors (Lipinski definition) is 5. The Morgan fingerprint density at radius 3 is 2.33 bits per heavy atom. The van der Waals surface area contributed by atoms with E-state index in [-0.39, 0.29) is 43.1 Å². The second-order valence-corrected chi connectivity index (χ2v) is 10.9. The van der Waals surface area contributed by atoms with Gasteiger partial charge in [-0.1, -0.05) is 48.5 Å². The molecule has 3 atom stereocenters. The van der Waals surface area contributed by atoms with Gasteiger partial charge in [-0.05, 0) is 48.2 Å². The molecule has 42 heavy (non-hydrogen) atoms. The van der Waals surface area contributed by atoms with Crippen LogP contribution < -0.4 is 10.8 Å². The minimum atomic E-state index is -0.986. The van der Waals surface area contributed by atoms with E-state index in [9.17, 15) is 24.6 Å². The molecule has 1 heterocycles. The lowest BCUT2D eigenvalue weighted by Gasteiger charge is -2.36. The summed E-state index contributed by atoms with van der Waals surface area (Å²) in [6.45, 7) is -0.0592. The maximum absolute atomic E-state index is 12.5. The molecule has 4 rings (SSSR count). The summed E-state index contributed by atoms with van der Waals surface area (Å²) in [6, 6.07) is 21.6. The fourth-order valence-electron chi connectivity index (χ4n) is 4.59. The van der Waals surface area contributed by atoms with E-state index in [1.165, 1.54) is 11.8 Å². The maximum Gasteiger partial charge on any atom is 0.336 e. The summed E-state index contributed by atoms with van der Waals surface area (Å²) in [7, 11) is 0. The highest BCUT2D eigenvalue weighted by Crippen LogP contribution is 2.40. The average Bonchev–Trinajstić information content (AvgIpc) is 3.02. The van der Waals surface area contributed by atoms with Crippen LogP contribution in [0, 0.1) is 0 Å². The number of unbranched alkanes of at least 4 members (excludes halogenated alkanes) is 1. The van der Waals surface area contributed by atoms with E-state index >= 15 is 0 Å². The van der Waals surface area contributed by atoms with Crippen LogP contribution in [0.15, 0.2) is 77.7 Å². The lowest BCUT2D eigenvalue weighted by atomic mass is 10.0. The Hall–Kier alpha value is -3.74. The van der Waals surface area contributed by atoms with Crippen LogP contribution in [0.2, 0.25) is 0 Å². The number of nitrogens with one attached hydrogen (secondary N) is 2. The highest BCUT2D eigenvalue weighted by atomic mass is 32.2. The zero-order valence-electron chi connectivity index (χ0n) is 22.9. The number of carbonyl (C=O) groups excluding carboxylic acids is 2. The number of aliphatic hydroxyl groups is 1. The first-order valence-electron chi connectivity index (χ1n) is 13.6. The van der Waals surface area contributed by atoms with E-state index in [0.717, 1.165) is 11.1 Å². The number of carboxylic acids is 1. The number of rotatable bonds is 13. The summed E-state index contributed by atoms with van der Waals surface area (Å²) in [5.74, 6) is -1.17. The minimum absolute atomic E-state index is 0.0592. The van der Waals surface area contributed by atoms with E-state index in [2.05, 4.69) is 5.32 Å². The number of anilines is 1. The van der Waals surface area contributed by atoms with Gasteiger partial charge in [-0.15, -0.1) is 11.8 Å². The van der Waals surface area contributed by atoms with Crippen LogP contribution in [0.25, 0.3) is 0 Å². The lowest BCUT2D eigenvalue weighted by Crippen LogP contribution is -2.31. The van der Waals surface area contributed by atoms with Gasteiger partial charge in [0, 0.05) is 41.2 Å². The number of carboxylic acid groups (broad SMARTS) is 1. The van der Waals surface area contributed by atoms with Crippen LogP contribution in [-0.2, 0) is 25.7 Å². The van der Waals surface area contributed by atoms with E-state index in [1.807, 2.05) is 30.3 Å². The highest BCUT2D eigenvalue weighted by Gasteiger charge is 2.32. The Morgan fingerprint density at radius 2 is 1.62 bits per heavy atom. The van der Waals surface area contributed by atoms with Crippen molar-refractivity contribution >= 4 is 35.2 Å². The average molecular weight is 595 g/mol. The molecule has 0 saturated carbocycles. The van der Waals surface area contributed by atoms with Crippen LogP contribution >= 0.6 is 11.8 Å². The minimum Gasteiger partial charge on any atom is -0.478 e. The fourth-order valence-corrected chi connectivity index (χ4v) is 5.65. The standard InChI is InChI=1S/C31H34N2O8S/c34-18-20-12-14-21(15-13-20)26-17-24(19-42-27-9-2-1-8-25(27)30(37)38)40-31(41-26)22-6-5-7-23(16-22)32-28(35)10-3-4-11-29(36)33-39/h1-2,5-9,12-16,24,26,31,34,39H,3-4,10-11,17-19H2,(H,32,35)(H,33,36)(H,37,38). The molecule has 0 aromatic heterocycles. The molecular weight excluding hydrogens is 560 g/mol. The van der Waals surface area contributed by atoms with E-state index < -0.39 is 18.2 Å². The van der Waals surface area contributed by atoms with Crippen LogP contribution in [0.1, 0.15) is 71.5 Å². The molecule has 10 nitrogen and oxygen atoms in total. The van der Waals surface area contributed by atoms with Crippen molar-refractivity contribution < 1.29 is 39.3 Å². The molecule has 3 aromatic rings. The van der Waals surface area contributed by atoms with E-state index in [1.54, 1.807) is 47.9 Å². The number of benzene rings is 3. The summed E-state index contributed by atoms with van der Waals surface area (Å²) in [6.07, 6.45) is 0.551. The van der Waals surface area contributed by atoms with Gasteiger partial charge >= 0.3 is 5.97 Å². The Balaban J connectivity index is 1.47. The molecule has 0 bridgehead atoms. The van der Waals surface area contributed by atoms with E-state index in [4.69, 9.17) is 14.7 Å². The fraction of sp³-hybridized carbons (Fsp3) is 0.323. The normalized spacial score (nSPS) is 18.3. The lowest BCUT2D eigenvalue weighted by molar-refractivity contribution is -0.245. The molecule has 0 aliphatic carbocycles. The molecule has 3 unspecified atom stereocenters. The Bertz CT molecular complexity index is 1370. The molecule has 1 fully saturated rings. The van der Waals surface area contributed by atoms with Crippen LogP contribution in [0.4, 0.5) is 5.69 Å². The summed E-state index contributed by atoms with van der Waals surface area (Å²) >= 11 is 1.42. The highest BCUT2D eigenvalue weighted by molar-refractivity contribution is 7.99. The predicted molar refractivity (Wildman–Crippen MR) is 156 cm³/mol. The molecule has 1 aliphatic rings. The van der Waals surface area contributed by atoms with Crippen LogP contribution in [-0.4, -0.2) is 45.1 Å². The van der Waals surface area contributed by atoms with Crippen molar-refractivity contribution in [3.05, 3.63) is 95.1 Å². The zero-order chi connectivity index (χ0) is 29.9. The monoisotopic (exact) mass is 594 g/mol. The van der Waals surface area contributed by atoms with Crippen LogP contribution in [0.5, 0.6) is 0 Å². The number of hydroxylamine groups is 1. The number of thioether (sulfide) groups is 1. The third kappa shape index (κ3) is 8.88. The molecule has 0 spiro atoms. The Labute approximate surface area is 248 Å². The summed E-state index contributed by atoms with van der Waals surface area (Å²) in [5, 5.41) is 30.5. The van der Waals surface area contributed by atoms with Gasteiger partial charge in [-0.25, -0.2) is 10.3 Å². The molecule has 1 aliphatic heterocycles.